The molecule has 0 aromatic carbocycles. The maximum absolute atomic E-state index is 13.9. The molecule has 0 bridgehead atoms. The third-order valence-electron chi connectivity index (χ3n) is 3.53. The lowest BCUT2D eigenvalue weighted by atomic mass is 9.63. The van der Waals surface area contributed by atoms with E-state index in [1.54, 1.807) is 4.74 Å². The van der Waals surface area contributed by atoms with Gasteiger partial charge in [0.05, 0.1) is 0 Å². The first-order valence-corrected chi connectivity index (χ1v) is 6.43. The van der Waals surface area contributed by atoms with Crippen molar-refractivity contribution >= 4 is 6.16 Å². The molecule has 0 aliphatic rings. The van der Waals surface area contributed by atoms with Gasteiger partial charge in [0, 0.05) is 0 Å². The van der Waals surface area contributed by atoms with Crippen molar-refractivity contribution in [2.24, 2.45) is 5.41 Å². The summed E-state index contributed by atoms with van der Waals surface area (Å²) in [6, 6.07) is 0. The fourth-order valence-corrected chi connectivity index (χ4v) is 2.21. The Morgan fingerprint density at radius 3 is 0.844 bits per heavy atom. The normalized spacial score (nSPS) is 16.2. The molecule has 0 aromatic rings. The first kappa shape index (κ1) is 29.9. The summed E-state index contributed by atoms with van der Waals surface area (Å²) in [5, 5.41) is 7.70. The van der Waals surface area contributed by atoms with Crippen molar-refractivity contribution in [3.05, 3.63) is 0 Å². The fraction of sp³-hybridized carbons (Fsp3) is 0.900. The van der Waals surface area contributed by atoms with Gasteiger partial charge in [-0.3, -0.25) is 0 Å². The summed E-state index contributed by atoms with van der Waals surface area (Å²) < 4.78 is 249. The van der Waals surface area contributed by atoms with Crippen LogP contribution >= 0.6 is 0 Å². The van der Waals surface area contributed by atoms with E-state index >= 15 is 0 Å². The van der Waals surface area contributed by atoms with Gasteiger partial charge in [-0.1, -0.05) is 0 Å². The number of carboxylic acid groups (broad SMARTS) is 1. The molecule has 0 radical (unpaired) electrons. The molecule has 0 unspecified atom stereocenters. The second-order valence-corrected chi connectivity index (χ2v) is 5.43. The van der Waals surface area contributed by atoms with Crippen LogP contribution in [0.25, 0.3) is 0 Å². The van der Waals surface area contributed by atoms with E-state index in [2.05, 4.69) is 0 Å². The Labute approximate surface area is 159 Å². The summed E-state index contributed by atoms with van der Waals surface area (Å²) in [4.78, 5) is 9.86. The lowest BCUT2D eigenvalue weighted by Crippen LogP contribution is -2.83. The molecule has 0 aliphatic heterocycles. The molecular weight excluding hydrogens is 529 g/mol. The van der Waals surface area contributed by atoms with Gasteiger partial charge in [-0.2, -0.15) is 83.4 Å². The number of alkyl halides is 19. The van der Waals surface area contributed by atoms with Crippen LogP contribution in [0, 0.1) is 5.41 Å². The summed E-state index contributed by atoms with van der Waals surface area (Å²) in [5.41, 5.74) is -9.84. The Morgan fingerprint density at radius 1 is 0.469 bits per heavy atom. The zero-order valence-electron chi connectivity index (χ0n) is 13.4. The van der Waals surface area contributed by atoms with Crippen LogP contribution < -0.4 is 0 Å². The quantitative estimate of drug-likeness (QED) is 0.316. The van der Waals surface area contributed by atoms with Gasteiger partial charge in [-0.15, -0.1) is 0 Å². The van der Waals surface area contributed by atoms with Gasteiger partial charge < -0.3 is 9.84 Å². The summed E-state index contributed by atoms with van der Waals surface area (Å²) in [6.07, 6.45) is -38.2. The number of rotatable bonds is 6. The van der Waals surface area contributed by atoms with Gasteiger partial charge in [-0.05, 0) is 0 Å². The molecule has 0 aromatic heterocycles. The minimum atomic E-state index is -9.84. The van der Waals surface area contributed by atoms with E-state index in [9.17, 15) is 88.2 Å². The van der Waals surface area contributed by atoms with Gasteiger partial charge >= 0.3 is 54.5 Å². The molecule has 0 heterocycles. The van der Waals surface area contributed by atoms with E-state index in [-0.39, 0.29) is 0 Å². The lowest BCUT2D eigenvalue weighted by Gasteiger charge is -2.52. The predicted molar refractivity (Wildman–Crippen MR) is 54.4 cm³/mol. The maximum Gasteiger partial charge on any atom is 0.510 e. The smallest absolute Gasteiger partial charge is 0.450 e. The molecule has 0 saturated carbocycles. The molecule has 1 N–H and O–H groups in total. The Morgan fingerprint density at radius 2 is 0.688 bits per heavy atom. The summed E-state index contributed by atoms with van der Waals surface area (Å²) in [5.74, 6) is -37.4. The zero-order chi connectivity index (χ0) is 26.8. The Kier molecular flexibility index (Phi) is 6.75. The summed E-state index contributed by atoms with van der Waals surface area (Å²) in [6.45, 7) is 0. The number of hydrogen-bond donors (Lipinski definition) is 1. The van der Waals surface area contributed by atoms with E-state index in [1.165, 1.54) is 0 Å². The van der Waals surface area contributed by atoms with Crippen molar-refractivity contribution in [1.82, 2.24) is 0 Å². The number of halogens is 19. The molecular formula is C10HF19O3. The van der Waals surface area contributed by atoms with E-state index in [4.69, 9.17) is 5.11 Å². The number of ether oxygens (including phenoxy) is 1. The SMILES string of the molecule is O=C(O)OC(F)(F)C(F)(F)C(C(F)(F)C(F)(F)F)(C(F)(F)C(F)(F)F)C(F)(F)C(F)(F)F. The third-order valence-corrected chi connectivity index (χ3v) is 3.53. The van der Waals surface area contributed by atoms with Gasteiger partial charge in [0.2, 0.25) is 0 Å². The van der Waals surface area contributed by atoms with E-state index < -0.39 is 59.9 Å². The third kappa shape index (κ3) is 3.61. The molecule has 0 amide bonds. The van der Waals surface area contributed by atoms with Crippen molar-refractivity contribution in [2.75, 3.05) is 0 Å². The van der Waals surface area contributed by atoms with E-state index in [1.807, 2.05) is 0 Å². The van der Waals surface area contributed by atoms with Crippen LogP contribution in [0.15, 0.2) is 0 Å². The van der Waals surface area contributed by atoms with Crippen LogP contribution in [0.5, 0.6) is 0 Å². The van der Waals surface area contributed by atoms with Gasteiger partial charge in [-0.25, -0.2) is 4.79 Å². The molecule has 0 saturated heterocycles. The van der Waals surface area contributed by atoms with Crippen LogP contribution in [0.2, 0.25) is 0 Å². The van der Waals surface area contributed by atoms with E-state index in [0.29, 0.717) is 0 Å². The summed E-state index contributed by atoms with van der Waals surface area (Å²) >= 11 is 0. The molecule has 32 heavy (non-hydrogen) atoms. The minimum absolute atomic E-state index is 1.56. The Hall–Kier alpha value is -2.06. The molecule has 0 spiro atoms. The highest BCUT2D eigenvalue weighted by molar-refractivity contribution is 5.57. The van der Waals surface area contributed by atoms with Crippen molar-refractivity contribution in [2.45, 2.75) is 48.3 Å². The molecule has 0 atom stereocenters. The highest BCUT2D eigenvalue weighted by Crippen LogP contribution is 2.75. The molecule has 0 aliphatic carbocycles. The number of carbonyl (C=O) groups is 1. The van der Waals surface area contributed by atoms with Gasteiger partial charge in [0.1, 0.15) is 0 Å². The van der Waals surface area contributed by atoms with Crippen LogP contribution in [0.4, 0.5) is 88.2 Å². The second kappa shape index (κ2) is 7.22. The highest BCUT2D eigenvalue weighted by atomic mass is 19.4. The van der Waals surface area contributed by atoms with E-state index in [0.717, 1.165) is 0 Å². The number of hydrogen-bond acceptors (Lipinski definition) is 2. The zero-order valence-corrected chi connectivity index (χ0v) is 13.4. The molecule has 22 heteroatoms. The van der Waals surface area contributed by atoms with Crippen LogP contribution in [0.1, 0.15) is 0 Å². The van der Waals surface area contributed by atoms with Crippen LogP contribution in [0.3, 0.4) is 0 Å². The van der Waals surface area contributed by atoms with Crippen molar-refractivity contribution in [3.8, 4) is 0 Å². The van der Waals surface area contributed by atoms with Crippen molar-refractivity contribution < 1.29 is 98.1 Å². The summed E-state index contributed by atoms with van der Waals surface area (Å²) in [7, 11) is 0. The molecule has 0 fully saturated rings. The first-order valence-electron chi connectivity index (χ1n) is 6.43. The maximum atomic E-state index is 13.9. The van der Waals surface area contributed by atoms with Crippen LogP contribution in [-0.4, -0.2) is 59.6 Å². The predicted octanol–water partition coefficient (Wildman–Crippen LogP) is 6.49. The minimum Gasteiger partial charge on any atom is -0.450 e. The van der Waals surface area contributed by atoms with Crippen LogP contribution in [-0.2, 0) is 4.74 Å². The Balaban J connectivity index is 8.38. The molecule has 192 valence electrons. The lowest BCUT2D eigenvalue weighted by molar-refractivity contribution is -0.536. The standard InChI is InChI=1S/C10HF19O3/c11-3(12,7(19,20)21)2(4(13,14)8(22,23)24,5(15,16)9(25,26)27)6(17,18)10(28,29)32-1(30)31/h(H,30,31). The molecule has 3 nitrogen and oxygen atoms in total. The average molecular weight is 530 g/mol. The first-order chi connectivity index (χ1) is 13.4. The second-order valence-electron chi connectivity index (χ2n) is 5.43. The van der Waals surface area contributed by atoms with Gasteiger partial charge in [0.15, 0.2) is 0 Å². The monoisotopic (exact) mass is 530 g/mol. The average Bonchev–Trinajstić information content (AvgIpc) is 2.40. The fourth-order valence-electron chi connectivity index (χ4n) is 2.21. The van der Waals surface area contributed by atoms with Crippen molar-refractivity contribution in [1.29, 1.82) is 0 Å². The largest absolute Gasteiger partial charge is 0.510 e. The topological polar surface area (TPSA) is 46.5 Å². The Bertz CT molecular complexity index is 646. The molecule has 0 rings (SSSR count). The van der Waals surface area contributed by atoms with Gasteiger partial charge in [0.25, 0.3) is 5.41 Å². The van der Waals surface area contributed by atoms with Crippen molar-refractivity contribution in [3.63, 3.8) is 0 Å². The highest BCUT2D eigenvalue weighted by Gasteiger charge is 3.05.